The minimum atomic E-state index is -5.08. The summed E-state index contributed by atoms with van der Waals surface area (Å²) in [7, 11) is 1.55. The summed E-state index contributed by atoms with van der Waals surface area (Å²) in [4.78, 5) is 30.9. The SMILES string of the molecule is C/C=C\[C@@H]1C[C@H](C(=O)O)N[C@@H]1CC/C(=C/NC(C)=O)OC.O=C(O)C(F)(F)F. The van der Waals surface area contributed by atoms with Crippen LogP contribution in [0.3, 0.4) is 0 Å². The lowest BCUT2D eigenvalue weighted by Crippen LogP contribution is -2.36. The zero-order valence-electron chi connectivity index (χ0n) is 15.7. The van der Waals surface area contributed by atoms with E-state index in [1.54, 1.807) is 13.3 Å². The molecular formula is C17H25F3N2O6. The van der Waals surface area contributed by atoms with Gasteiger partial charge in [-0.25, -0.2) is 4.79 Å². The summed E-state index contributed by atoms with van der Waals surface area (Å²) in [6, 6.07) is -0.403. The smallest absolute Gasteiger partial charge is 0.490 e. The number of rotatable bonds is 7. The summed E-state index contributed by atoms with van der Waals surface area (Å²) in [5.41, 5.74) is 0. The van der Waals surface area contributed by atoms with Gasteiger partial charge in [0.05, 0.1) is 7.11 Å². The molecule has 0 aromatic heterocycles. The fraction of sp³-hybridized carbons (Fsp3) is 0.588. The lowest BCUT2D eigenvalue weighted by molar-refractivity contribution is -0.192. The zero-order chi connectivity index (χ0) is 21.9. The van der Waals surface area contributed by atoms with Crippen molar-refractivity contribution in [3.05, 3.63) is 24.1 Å². The van der Waals surface area contributed by atoms with Gasteiger partial charge in [-0.05, 0) is 25.7 Å². The number of amides is 1. The average molecular weight is 410 g/mol. The van der Waals surface area contributed by atoms with Crippen LogP contribution in [-0.2, 0) is 19.1 Å². The molecule has 1 saturated heterocycles. The topological polar surface area (TPSA) is 125 Å². The number of halogens is 3. The molecule has 0 spiro atoms. The molecule has 1 rings (SSSR count). The summed E-state index contributed by atoms with van der Waals surface area (Å²) in [6.07, 6.45) is 2.45. The number of methoxy groups -OCH3 is 1. The normalized spacial score (nSPS) is 22.4. The highest BCUT2D eigenvalue weighted by atomic mass is 19.4. The van der Waals surface area contributed by atoms with Gasteiger partial charge in [-0.15, -0.1) is 0 Å². The molecule has 0 aromatic rings. The second-order valence-corrected chi connectivity index (χ2v) is 5.95. The molecule has 4 N–H and O–H groups in total. The van der Waals surface area contributed by atoms with Crippen LogP contribution in [0.1, 0.15) is 33.1 Å². The van der Waals surface area contributed by atoms with Crippen molar-refractivity contribution in [1.29, 1.82) is 0 Å². The van der Waals surface area contributed by atoms with Crippen molar-refractivity contribution < 1.29 is 42.5 Å². The number of hydrogen-bond acceptors (Lipinski definition) is 5. The van der Waals surface area contributed by atoms with Gasteiger partial charge in [0.2, 0.25) is 5.91 Å². The molecule has 160 valence electrons. The van der Waals surface area contributed by atoms with Crippen molar-refractivity contribution in [1.82, 2.24) is 10.6 Å². The van der Waals surface area contributed by atoms with Gasteiger partial charge in [0.25, 0.3) is 0 Å². The first-order valence-electron chi connectivity index (χ1n) is 8.34. The van der Waals surface area contributed by atoms with Crippen LogP contribution in [0.4, 0.5) is 13.2 Å². The molecule has 28 heavy (non-hydrogen) atoms. The predicted octanol–water partition coefficient (Wildman–Crippen LogP) is 2.03. The second-order valence-electron chi connectivity index (χ2n) is 5.95. The van der Waals surface area contributed by atoms with Crippen LogP contribution in [0.5, 0.6) is 0 Å². The van der Waals surface area contributed by atoms with Gasteiger partial charge in [-0.3, -0.25) is 9.59 Å². The monoisotopic (exact) mass is 410 g/mol. The van der Waals surface area contributed by atoms with Gasteiger partial charge in [0, 0.05) is 25.6 Å². The third kappa shape index (κ3) is 9.95. The van der Waals surface area contributed by atoms with Crippen molar-refractivity contribution in [2.24, 2.45) is 5.92 Å². The van der Waals surface area contributed by atoms with Gasteiger partial charge in [0.15, 0.2) is 0 Å². The average Bonchev–Trinajstić information content (AvgIpc) is 2.98. The van der Waals surface area contributed by atoms with Gasteiger partial charge >= 0.3 is 18.1 Å². The molecule has 1 fully saturated rings. The number of hydrogen-bond donors (Lipinski definition) is 4. The van der Waals surface area contributed by atoms with E-state index in [-0.39, 0.29) is 17.9 Å². The van der Waals surface area contributed by atoms with Gasteiger partial charge in [-0.1, -0.05) is 12.2 Å². The van der Waals surface area contributed by atoms with Crippen molar-refractivity contribution >= 4 is 17.8 Å². The summed E-state index contributed by atoms with van der Waals surface area (Å²) < 4.78 is 37.0. The number of aliphatic carboxylic acids is 2. The Labute approximate surface area is 160 Å². The number of allylic oxidation sites excluding steroid dienone is 2. The molecule has 0 saturated carbocycles. The van der Waals surface area contributed by atoms with E-state index in [1.165, 1.54) is 6.92 Å². The lowest BCUT2D eigenvalue weighted by Gasteiger charge is -2.17. The van der Waals surface area contributed by atoms with Crippen molar-refractivity contribution in [2.45, 2.75) is 51.4 Å². The van der Waals surface area contributed by atoms with Crippen molar-refractivity contribution in [3.8, 4) is 0 Å². The molecule has 0 bridgehead atoms. The first-order valence-corrected chi connectivity index (χ1v) is 8.34. The first-order chi connectivity index (χ1) is 12.9. The maximum Gasteiger partial charge on any atom is 0.490 e. The Bertz CT molecular complexity index is 604. The number of ether oxygens (including phenoxy) is 1. The Morgan fingerprint density at radius 3 is 2.25 bits per heavy atom. The van der Waals surface area contributed by atoms with Crippen LogP contribution < -0.4 is 10.6 Å². The quantitative estimate of drug-likeness (QED) is 0.374. The molecular weight excluding hydrogens is 385 g/mol. The van der Waals surface area contributed by atoms with E-state index in [2.05, 4.69) is 10.6 Å². The van der Waals surface area contributed by atoms with Gasteiger partial charge < -0.3 is 25.6 Å². The van der Waals surface area contributed by atoms with E-state index in [1.807, 2.05) is 19.1 Å². The molecule has 1 amide bonds. The lowest BCUT2D eigenvalue weighted by atomic mass is 9.95. The Kier molecular flexibility index (Phi) is 10.9. The largest absolute Gasteiger partial charge is 0.500 e. The Morgan fingerprint density at radius 1 is 1.29 bits per heavy atom. The van der Waals surface area contributed by atoms with E-state index in [0.29, 0.717) is 18.6 Å². The Morgan fingerprint density at radius 2 is 1.86 bits per heavy atom. The maximum absolute atomic E-state index is 11.1. The predicted molar refractivity (Wildman–Crippen MR) is 93.1 cm³/mol. The van der Waals surface area contributed by atoms with Crippen LogP contribution in [0.15, 0.2) is 24.1 Å². The van der Waals surface area contributed by atoms with Crippen LogP contribution >= 0.6 is 0 Å². The van der Waals surface area contributed by atoms with Gasteiger partial charge in [-0.2, -0.15) is 13.2 Å². The summed E-state index contributed by atoms with van der Waals surface area (Å²) in [6.45, 7) is 3.37. The highest BCUT2D eigenvalue weighted by Crippen LogP contribution is 2.26. The maximum atomic E-state index is 11.1. The Balaban J connectivity index is 0.000000887. The number of carboxylic acids is 2. The van der Waals surface area contributed by atoms with Gasteiger partial charge in [0.1, 0.15) is 11.8 Å². The zero-order valence-corrected chi connectivity index (χ0v) is 15.7. The molecule has 1 aliphatic heterocycles. The van der Waals surface area contributed by atoms with E-state index >= 15 is 0 Å². The fourth-order valence-corrected chi connectivity index (χ4v) is 2.53. The fourth-order valence-electron chi connectivity index (χ4n) is 2.53. The molecule has 1 aliphatic rings. The summed E-state index contributed by atoms with van der Waals surface area (Å²) in [5, 5.41) is 22.0. The minimum Gasteiger partial charge on any atom is -0.500 e. The molecule has 11 heteroatoms. The van der Waals surface area contributed by atoms with Crippen LogP contribution in [0.2, 0.25) is 0 Å². The third-order valence-corrected chi connectivity index (χ3v) is 3.82. The number of carboxylic acid groups (broad SMARTS) is 2. The standard InChI is InChI=1S/C15H24N2O4.C2HF3O2/c1-4-5-11-8-14(15(19)20)17-13(11)7-6-12(21-3)9-16-10(2)18;3-2(4,5)1(6)7/h4-5,9,11,13-14,17H,6-8H2,1-3H3,(H,16,18)(H,19,20);(H,6,7)/b5-4-,12-9-;/t11-,13-,14-;/m1./s1. The van der Waals surface area contributed by atoms with E-state index in [9.17, 15) is 22.8 Å². The number of carbonyl (C=O) groups excluding carboxylic acids is 1. The van der Waals surface area contributed by atoms with Crippen LogP contribution in [-0.4, -0.2) is 53.4 Å². The van der Waals surface area contributed by atoms with E-state index in [4.69, 9.17) is 19.7 Å². The van der Waals surface area contributed by atoms with Crippen molar-refractivity contribution in [3.63, 3.8) is 0 Å². The second kappa shape index (κ2) is 12.0. The minimum absolute atomic E-state index is 0.0955. The number of alkyl halides is 3. The first kappa shape index (κ1) is 25.4. The highest BCUT2D eigenvalue weighted by molar-refractivity contribution is 5.74. The van der Waals surface area contributed by atoms with Crippen LogP contribution in [0, 0.1) is 5.92 Å². The third-order valence-electron chi connectivity index (χ3n) is 3.82. The molecule has 0 radical (unpaired) electrons. The van der Waals surface area contributed by atoms with Crippen molar-refractivity contribution in [2.75, 3.05) is 7.11 Å². The van der Waals surface area contributed by atoms with E-state index < -0.39 is 24.2 Å². The molecule has 1 heterocycles. The molecule has 8 nitrogen and oxygen atoms in total. The molecule has 0 aliphatic carbocycles. The summed E-state index contributed by atoms with van der Waals surface area (Å²) in [5.74, 6) is -2.85. The summed E-state index contributed by atoms with van der Waals surface area (Å²) >= 11 is 0. The molecule has 3 atom stereocenters. The number of nitrogens with one attached hydrogen (secondary N) is 2. The Hall–Kier alpha value is -2.56. The molecule has 0 unspecified atom stereocenters. The number of carbonyl (C=O) groups is 3. The van der Waals surface area contributed by atoms with Crippen LogP contribution in [0.25, 0.3) is 0 Å². The van der Waals surface area contributed by atoms with E-state index in [0.717, 1.165) is 6.42 Å². The highest BCUT2D eigenvalue weighted by Gasteiger charge is 2.38. The molecule has 0 aromatic carbocycles.